The molecule has 98 valence electrons. The van der Waals surface area contributed by atoms with Crippen molar-refractivity contribution in [3.63, 3.8) is 0 Å². The number of hydrogen-bond acceptors (Lipinski definition) is 4. The molecule has 0 radical (unpaired) electrons. The minimum absolute atomic E-state index is 0.0526. The molecule has 5 nitrogen and oxygen atoms in total. The third kappa shape index (κ3) is 2.73. The zero-order valence-corrected chi connectivity index (χ0v) is 10.5. The van der Waals surface area contributed by atoms with Gasteiger partial charge >= 0.3 is 6.09 Å². The van der Waals surface area contributed by atoms with Gasteiger partial charge in [-0.1, -0.05) is 0 Å². The summed E-state index contributed by atoms with van der Waals surface area (Å²) in [6.07, 6.45) is 1.34. The van der Waals surface area contributed by atoms with Gasteiger partial charge in [0.2, 0.25) is 0 Å². The number of nitrogens with two attached hydrogens (primary N) is 1. The lowest BCUT2D eigenvalue weighted by Gasteiger charge is -2.13. The molecule has 1 aliphatic heterocycles. The molecular weight excluding hydrogens is 232 g/mol. The Kier molecular flexibility index (Phi) is 4.04. The van der Waals surface area contributed by atoms with E-state index < -0.39 is 0 Å². The fourth-order valence-corrected chi connectivity index (χ4v) is 1.99. The summed E-state index contributed by atoms with van der Waals surface area (Å²) in [7, 11) is 1.61. The molecule has 1 unspecified atom stereocenters. The van der Waals surface area contributed by atoms with Gasteiger partial charge in [0.1, 0.15) is 11.9 Å². The fraction of sp³-hybridized carbons (Fsp3) is 0.462. The van der Waals surface area contributed by atoms with Gasteiger partial charge in [-0.2, -0.15) is 0 Å². The normalized spacial score (nSPS) is 18.9. The Morgan fingerprint density at radius 2 is 2.17 bits per heavy atom. The molecule has 1 aromatic rings. The molecule has 0 aliphatic carbocycles. The average molecular weight is 250 g/mol. The molecule has 0 saturated carbocycles. The number of cyclic esters (lactones) is 1. The van der Waals surface area contributed by atoms with Crippen LogP contribution >= 0.6 is 0 Å². The zero-order chi connectivity index (χ0) is 13.0. The van der Waals surface area contributed by atoms with Crippen molar-refractivity contribution in [1.82, 2.24) is 0 Å². The number of hydrogen-bond donors (Lipinski definition) is 1. The number of benzene rings is 1. The lowest BCUT2D eigenvalue weighted by Crippen LogP contribution is -2.24. The molecule has 1 aliphatic rings. The van der Waals surface area contributed by atoms with Crippen LogP contribution in [-0.4, -0.2) is 32.4 Å². The molecular formula is C13H18N2O3. The Bertz CT molecular complexity index is 405. The highest BCUT2D eigenvalue weighted by atomic mass is 16.6. The number of anilines is 1. The van der Waals surface area contributed by atoms with Gasteiger partial charge < -0.3 is 15.2 Å². The Hall–Kier alpha value is -1.75. The van der Waals surface area contributed by atoms with Gasteiger partial charge in [0.25, 0.3) is 0 Å². The van der Waals surface area contributed by atoms with Crippen LogP contribution in [0.2, 0.25) is 0 Å². The first kappa shape index (κ1) is 12.7. The van der Waals surface area contributed by atoms with Crippen molar-refractivity contribution in [2.24, 2.45) is 5.73 Å². The maximum absolute atomic E-state index is 11.7. The smallest absolute Gasteiger partial charge is 0.414 e. The van der Waals surface area contributed by atoms with Crippen molar-refractivity contribution in [1.29, 1.82) is 0 Å². The van der Waals surface area contributed by atoms with E-state index >= 15 is 0 Å². The molecule has 0 spiro atoms. The number of methoxy groups -OCH3 is 1. The number of rotatable bonds is 5. The Balaban J connectivity index is 2.02. The van der Waals surface area contributed by atoms with E-state index in [1.807, 2.05) is 24.3 Å². The Morgan fingerprint density at radius 3 is 2.78 bits per heavy atom. The van der Waals surface area contributed by atoms with Crippen LogP contribution in [0.25, 0.3) is 0 Å². The van der Waals surface area contributed by atoms with Crippen LogP contribution in [-0.2, 0) is 4.74 Å². The van der Waals surface area contributed by atoms with Crippen molar-refractivity contribution in [3.05, 3.63) is 24.3 Å². The van der Waals surface area contributed by atoms with Crippen LogP contribution in [0.15, 0.2) is 24.3 Å². The maximum Gasteiger partial charge on any atom is 0.414 e. The van der Waals surface area contributed by atoms with E-state index in [0.717, 1.165) is 24.3 Å². The molecule has 18 heavy (non-hydrogen) atoms. The van der Waals surface area contributed by atoms with Crippen LogP contribution < -0.4 is 15.4 Å². The molecule has 1 heterocycles. The van der Waals surface area contributed by atoms with E-state index in [1.54, 1.807) is 12.0 Å². The van der Waals surface area contributed by atoms with Crippen LogP contribution in [0.1, 0.15) is 12.8 Å². The highest BCUT2D eigenvalue weighted by molar-refractivity contribution is 5.89. The summed E-state index contributed by atoms with van der Waals surface area (Å²) in [5.74, 6) is 0.769. The molecule has 1 saturated heterocycles. The van der Waals surface area contributed by atoms with Crippen molar-refractivity contribution < 1.29 is 14.3 Å². The highest BCUT2D eigenvalue weighted by Crippen LogP contribution is 2.25. The summed E-state index contributed by atoms with van der Waals surface area (Å²) in [5.41, 5.74) is 6.28. The minimum atomic E-state index is -0.290. The molecule has 1 amide bonds. The van der Waals surface area contributed by atoms with Crippen LogP contribution in [0.4, 0.5) is 10.5 Å². The second kappa shape index (κ2) is 5.73. The fourth-order valence-electron chi connectivity index (χ4n) is 1.99. The number of carbonyl (C=O) groups excluding carboxylic acids is 1. The molecule has 1 aromatic carbocycles. The topological polar surface area (TPSA) is 64.8 Å². The molecule has 2 rings (SSSR count). The number of ether oxygens (including phenoxy) is 2. The number of amides is 1. The first-order valence-electron chi connectivity index (χ1n) is 6.07. The third-order valence-electron chi connectivity index (χ3n) is 2.99. The number of nitrogens with zero attached hydrogens (tertiary/aromatic N) is 1. The van der Waals surface area contributed by atoms with Crippen LogP contribution in [0.5, 0.6) is 5.75 Å². The SMILES string of the molecule is COc1ccc(N2CC(CCCN)OC2=O)cc1. The summed E-state index contributed by atoms with van der Waals surface area (Å²) in [6, 6.07) is 7.36. The average Bonchev–Trinajstić information content (AvgIpc) is 2.78. The van der Waals surface area contributed by atoms with Gasteiger partial charge in [0.05, 0.1) is 13.7 Å². The van der Waals surface area contributed by atoms with E-state index in [9.17, 15) is 4.79 Å². The predicted molar refractivity (Wildman–Crippen MR) is 68.9 cm³/mol. The van der Waals surface area contributed by atoms with Gasteiger partial charge in [-0.25, -0.2) is 4.79 Å². The second-order valence-electron chi connectivity index (χ2n) is 4.25. The minimum Gasteiger partial charge on any atom is -0.497 e. The van der Waals surface area contributed by atoms with Crippen molar-refractivity contribution >= 4 is 11.8 Å². The van der Waals surface area contributed by atoms with E-state index in [-0.39, 0.29) is 12.2 Å². The maximum atomic E-state index is 11.7. The van der Waals surface area contributed by atoms with Gasteiger partial charge in [0, 0.05) is 5.69 Å². The molecule has 2 N–H and O–H groups in total. The summed E-state index contributed by atoms with van der Waals surface area (Å²) in [4.78, 5) is 13.4. The molecule has 5 heteroatoms. The molecule has 0 aromatic heterocycles. The van der Waals surface area contributed by atoms with Crippen LogP contribution in [0, 0.1) is 0 Å². The van der Waals surface area contributed by atoms with Gasteiger partial charge in [-0.05, 0) is 43.7 Å². The van der Waals surface area contributed by atoms with Crippen molar-refractivity contribution in [2.75, 3.05) is 25.1 Å². The first-order chi connectivity index (χ1) is 8.74. The monoisotopic (exact) mass is 250 g/mol. The Labute approximate surface area is 106 Å². The summed E-state index contributed by atoms with van der Waals surface area (Å²) in [6.45, 7) is 1.21. The van der Waals surface area contributed by atoms with E-state index in [4.69, 9.17) is 15.2 Å². The zero-order valence-electron chi connectivity index (χ0n) is 10.5. The molecule has 1 atom stereocenters. The van der Waals surface area contributed by atoms with E-state index in [1.165, 1.54) is 0 Å². The van der Waals surface area contributed by atoms with E-state index in [0.29, 0.717) is 13.1 Å². The standard InChI is InChI=1S/C13H18N2O3/c1-17-11-6-4-10(5-7-11)15-9-12(3-2-8-14)18-13(15)16/h4-7,12H,2-3,8-9,14H2,1H3. The van der Waals surface area contributed by atoms with Gasteiger partial charge in [0.15, 0.2) is 0 Å². The second-order valence-corrected chi connectivity index (χ2v) is 4.25. The summed E-state index contributed by atoms with van der Waals surface area (Å²) in [5, 5.41) is 0. The van der Waals surface area contributed by atoms with Gasteiger partial charge in [-0.15, -0.1) is 0 Å². The first-order valence-corrected chi connectivity index (χ1v) is 6.07. The van der Waals surface area contributed by atoms with E-state index in [2.05, 4.69) is 0 Å². The van der Waals surface area contributed by atoms with Crippen molar-refractivity contribution in [2.45, 2.75) is 18.9 Å². The summed E-state index contributed by atoms with van der Waals surface area (Å²) >= 11 is 0. The van der Waals surface area contributed by atoms with Crippen molar-refractivity contribution in [3.8, 4) is 5.75 Å². The predicted octanol–water partition coefficient (Wildman–Crippen LogP) is 1.76. The lowest BCUT2D eigenvalue weighted by molar-refractivity contribution is 0.136. The molecule has 1 fully saturated rings. The number of carbonyl (C=O) groups is 1. The Morgan fingerprint density at radius 1 is 1.44 bits per heavy atom. The highest BCUT2D eigenvalue weighted by Gasteiger charge is 2.31. The lowest BCUT2D eigenvalue weighted by atomic mass is 10.2. The van der Waals surface area contributed by atoms with Crippen LogP contribution in [0.3, 0.4) is 0 Å². The quantitative estimate of drug-likeness (QED) is 0.864. The largest absolute Gasteiger partial charge is 0.497 e. The summed E-state index contributed by atoms with van der Waals surface area (Å²) < 4.78 is 10.4. The molecule has 0 bridgehead atoms. The third-order valence-corrected chi connectivity index (χ3v) is 2.99. The van der Waals surface area contributed by atoms with Gasteiger partial charge in [-0.3, -0.25) is 4.90 Å².